The van der Waals surface area contributed by atoms with E-state index in [1.165, 1.54) is 12.1 Å². The lowest BCUT2D eigenvalue weighted by atomic mass is 9.97. The summed E-state index contributed by atoms with van der Waals surface area (Å²) >= 11 is 0. The quantitative estimate of drug-likeness (QED) is 0.163. The van der Waals surface area contributed by atoms with Gasteiger partial charge in [0.1, 0.15) is 23.9 Å². The lowest BCUT2D eigenvalue weighted by molar-refractivity contribution is -0.144. The Morgan fingerprint density at radius 1 is 0.838 bits per heavy atom. The lowest BCUT2D eigenvalue weighted by Gasteiger charge is -2.27. The molecule has 0 fully saturated rings. The van der Waals surface area contributed by atoms with E-state index in [4.69, 9.17) is 11.5 Å². The third kappa shape index (κ3) is 10.1. The Kier molecular flexibility index (Phi) is 12.5. The van der Waals surface area contributed by atoms with Crippen molar-refractivity contribution in [1.29, 1.82) is 0 Å². The Morgan fingerprint density at radius 3 is 1.84 bits per heavy atom. The highest BCUT2D eigenvalue weighted by atomic mass is 16.4. The minimum atomic E-state index is -1.40. The van der Waals surface area contributed by atoms with Crippen LogP contribution >= 0.6 is 0 Å². The zero-order valence-electron chi connectivity index (χ0n) is 21.7. The number of benzene rings is 1. The van der Waals surface area contributed by atoms with Crippen LogP contribution in [0.3, 0.4) is 0 Å². The molecule has 0 aromatic heterocycles. The number of carbonyl (C=O) groups is 5. The van der Waals surface area contributed by atoms with Crippen LogP contribution in [0, 0.1) is 11.8 Å². The second-order valence-corrected chi connectivity index (χ2v) is 9.28. The molecule has 12 heteroatoms. The van der Waals surface area contributed by atoms with Gasteiger partial charge in [0.05, 0.1) is 12.5 Å². The van der Waals surface area contributed by atoms with Crippen molar-refractivity contribution in [3.05, 3.63) is 29.8 Å². The van der Waals surface area contributed by atoms with E-state index in [2.05, 4.69) is 16.0 Å². The van der Waals surface area contributed by atoms with Crippen molar-refractivity contribution in [2.24, 2.45) is 23.3 Å². The summed E-state index contributed by atoms with van der Waals surface area (Å²) < 4.78 is 0. The largest absolute Gasteiger partial charge is 0.508 e. The number of hydrogen-bond donors (Lipinski definition) is 7. The van der Waals surface area contributed by atoms with Crippen molar-refractivity contribution in [1.82, 2.24) is 16.0 Å². The van der Waals surface area contributed by atoms with E-state index in [9.17, 15) is 34.2 Å². The number of amides is 4. The fourth-order valence-corrected chi connectivity index (χ4v) is 3.48. The number of carboxylic acids is 1. The number of rotatable bonds is 15. The van der Waals surface area contributed by atoms with Gasteiger partial charge in [-0.3, -0.25) is 19.2 Å². The summed E-state index contributed by atoms with van der Waals surface area (Å²) in [7, 11) is 0. The second-order valence-electron chi connectivity index (χ2n) is 9.28. The molecule has 12 nitrogen and oxygen atoms in total. The summed E-state index contributed by atoms with van der Waals surface area (Å²) in [5.74, 6) is -4.96. The van der Waals surface area contributed by atoms with Crippen molar-refractivity contribution in [2.75, 3.05) is 0 Å². The molecule has 0 radical (unpaired) electrons. The molecule has 6 unspecified atom stereocenters. The maximum absolute atomic E-state index is 13.2. The van der Waals surface area contributed by atoms with Crippen LogP contribution in [0.2, 0.25) is 0 Å². The summed E-state index contributed by atoms with van der Waals surface area (Å²) in [5.41, 5.74) is 11.8. The Balaban J connectivity index is 3.21. The summed E-state index contributed by atoms with van der Waals surface area (Å²) in [6.07, 6.45) is 0.490. The molecule has 4 amide bonds. The van der Waals surface area contributed by atoms with Gasteiger partial charge in [0, 0.05) is 6.42 Å². The van der Waals surface area contributed by atoms with E-state index >= 15 is 0 Å². The fourth-order valence-electron chi connectivity index (χ4n) is 3.48. The van der Waals surface area contributed by atoms with Gasteiger partial charge in [-0.1, -0.05) is 52.7 Å². The normalized spacial score (nSPS) is 15.8. The Labute approximate surface area is 216 Å². The molecule has 0 saturated carbocycles. The van der Waals surface area contributed by atoms with Crippen molar-refractivity contribution in [3.8, 4) is 5.75 Å². The summed E-state index contributed by atoms with van der Waals surface area (Å²) in [5, 5.41) is 26.5. The summed E-state index contributed by atoms with van der Waals surface area (Å²) in [4.78, 5) is 62.2. The number of carbonyl (C=O) groups excluding carboxylic acids is 4. The molecule has 0 aliphatic carbocycles. The van der Waals surface area contributed by atoms with Crippen LogP contribution in [-0.2, 0) is 30.4 Å². The summed E-state index contributed by atoms with van der Waals surface area (Å²) in [6, 6.07) is 1.08. The molecule has 0 aliphatic heterocycles. The van der Waals surface area contributed by atoms with Gasteiger partial charge in [0.2, 0.25) is 23.6 Å². The zero-order valence-corrected chi connectivity index (χ0v) is 21.7. The van der Waals surface area contributed by atoms with Gasteiger partial charge in [-0.25, -0.2) is 4.79 Å². The molecule has 1 rings (SSSR count). The van der Waals surface area contributed by atoms with E-state index in [0.717, 1.165) is 0 Å². The molecular formula is C25H39N5O7. The van der Waals surface area contributed by atoms with E-state index in [0.29, 0.717) is 18.4 Å². The van der Waals surface area contributed by atoms with E-state index < -0.39 is 66.1 Å². The molecule has 0 heterocycles. The molecule has 37 heavy (non-hydrogen) atoms. The third-order valence-electron chi connectivity index (χ3n) is 6.38. The highest BCUT2D eigenvalue weighted by Gasteiger charge is 2.33. The first-order valence-corrected chi connectivity index (χ1v) is 12.3. The van der Waals surface area contributed by atoms with Gasteiger partial charge in [-0.15, -0.1) is 0 Å². The Bertz CT molecular complexity index is 953. The predicted molar refractivity (Wildman–Crippen MR) is 136 cm³/mol. The van der Waals surface area contributed by atoms with Crippen LogP contribution < -0.4 is 27.4 Å². The monoisotopic (exact) mass is 521 g/mol. The van der Waals surface area contributed by atoms with Crippen LogP contribution in [0.4, 0.5) is 0 Å². The maximum Gasteiger partial charge on any atom is 0.326 e. The molecule has 206 valence electrons. The number of primary amides is 1. The van der Waals surface area contributed by atoms with Crippen molar-refractivity contribution in [2.45, 2.75) is 77.5 Å². The number of nitrogens with two attached hydrogens (primary N) is 2. The third-order valence-corrected chi connectivity index (χ3v) is 6.38. The minimum absolute atomic E-state index is 0.00150. The molecule has 0 bridgehead atoms. The van der Waals surface area contributed by atoms with Crippen LogP contribution in [0.5, 0.6) is 5.75 Å². The van der Waals surface area contributed by atoms with Gasteiger partial charge < -0.3 is 37.6 Å². The standard InChI is InChI=1S/C25H39N5O7/c1-5-13(3)20(27)24(35)29-18(12-19(26)32)22(33)28-17(11-15-7-9-16(31)10-8-15)23(34)30-21(25(36)37)14(4)6-2/h7-10,13-14,17-18,20-21,31H,5-6,11-12,27H2,1-4H3,(H2,26,32)(H,28,33)(H,29,35)(H,30,34)(H,36,37). The Hall–Kier alpha value is -3.67. The van der Waals surface area contributed by atoms with E-state index in [1.807, 2.05) is 6.92 Å². The van der Waals surface area contributed by atoms with E-state index in [-0.39, 0.29) is 18.1 Å². The second kappa shape index (κ2) is 14.8. The smallest absolute Gasteiger partial charge is 0.326 e. The molecule has 0 aliphatic rings. The van der Waals surface area contributed by atoms with Crippen molar-refractivity contribution in [3.63, 3.8) is 0 Å². The molecule has 0 spiro atoms. The fraction of sp³-hybridized carbons (Fsp3) is 0.560. The minimum Gasteiger partial charge on any atom is -0.508 e. The number of aliphatic carboxylic acids is 1. The first-order valence-electron chi connectivity index (χ1n) is 12.3. The van der Waals surface area contributed by atoms with Crippen molar-refractivity contribution < 1.29 is 34.2 Å². The average Bonchev–Trinajstić information content (AvgIpc) is 2.85. The maximum atomic E-state index is 13.2. The molecular weight excluding hydrogens is 482 g/mol. The highest BCUT2D eigenvalue weighted by Crippen LogP contribution is 2.13. The predicted octanol–water partition coefficient (Wildman–Crippen LogP) is -0.231. The van der Waals surface area contributed by atoms with Gasteiger partial charge in [-0.2, -0.15) is 0 Å². The Morgan fingerprint density at radius 2 is 1.35 bits per heavy atom. The number of phenolic OH excluding ortho intramolecular Hbond substituents is 1. The SMILES string of the molecule is CCC(C)C(N)C(=O)NC(CC(N)=O)C(=O)NC(Cc1ccc(O)cc1)C(=O)NC(C(=O)O)C(C)CC. The molecule has 6 atom stereocenters. The number of aromatic hydroxyl groups is 1. The average molecular weight is 522 g/mol. The van der Waals surface area contributed by atoms with E-state index in [1.54, 1.807) is 32.9 Å². The number of nitrogens with one attached hydrogen (secondary N) is 3. The molecule has 1 aromatic rings. The van der Waals surface area contributed by atoms with Gasteiger partial charge in [-0.05, 0) is 29.5 Å². The number of phenols is 1. The number of hydrogen-bond acceptors (Lipinski definition) is 7. The first kappa shape index (κ1) is 31.4. The van der Waals surface area contributed by atoms with Gasteiger partial charge in [0.15, 0.2) is 0 Å². The molecule has 1 aromatic carbocycles. The van der Waals surface area contributed by atoms with Gasteiger partial charge in [0.25, 0.3) is 0 Å². The lowest BCUT2D eigenvalue weighted by Crippen LogP contribution is -2.59. The topological polar surface area (TPSA) is 214 Å². The molecule has 9 N–H and O–H groups in total. The number of carboxylic acid groups (broad SMARTS) is 1. The molecule has 0 saturated heterocycles. The highest BCUT2D eigenvalue weighted by molar-refractivity contribution is 5.96. The van der Waals surface area contributed by atoms with Crippen LogP contribution in [0.1, 0.15) is 52.5 Å². The summed E-state index contributed by atoms with van der Waals surface area (Å²) in [6.45, 7) is 7.07. The van der Waals surface area contributed by atoms with Crippen LogP contribution in [0.25, 0.3) is 0 Å². The van der Waals surface area contributed by atoms with Gasteiger partial charge >= 0.3 is 5.97 Å². The van der Waals surface area contributed by atoms with Crippen LogP contribution in [-0.4, -0.2) is 64.0 Å². The van der Waals surface area contributed by atoms with Crippen molar-refractivity contribution >= 4 is 29.6 Å². The first-order chi connectivity index (χ1) is 17.3. The zero-order chi connectivity index (χ0) is 28.3. The van der Waals surface area contributed by atoms with Crippen LogP contribution in [0.15, 0.2) is 24.3 Å².